The van der Waals surface area contributed by atoms with E-state index in [0.29, 0.717) is 0 Å². The minimum atomic E-state index is 0.0962. The standard InChI is InChI=1S/C39H34N2/c1-5-13-32(14-6-1)38(33-15-7-2-8-16-33)40-36-25-21-30(22-26-36)29-31-23-27-37(28-24-31)41-39(34-17-9-3-10-18-34)35-19-11-4-12-20-35/h1-28,38-41H,29H2. The van der Waals surface area contributed by atoms with Gasteiger partial charge >= 0.3 is 0 Å². The Bertz CT molecular complexity index is 1410. The van der Waals surface area contributed by atoms with Crippen LogP contribution in [0, 0.1) is 0 Å². The molecule has 0 aliphatic carbocycles. The van der Waals surface area contributed by atoms with Gasteiger partial charge in [-0.3, -0.25) is 0 Å². The molecule has 41 heavy (non-hydrogen) atoms. The maximum absolute atomic E-state index is 3.75. The summed E-state index contributed by atoms with van der Waals surface area (Å²) in [4.78, 5) is 0. The molecule has 0 saturated heterocycles. The van der Waals surface area contributed by atoms with Crippen LogP contribution in [0.4, 0.5) is 11.4 Å². The molecule has 2 nitrogen and oxygen atoms in total. The van der Waals surface area contributed by atoms with Crippen molar-refractivity contribution in [1.82, 2.24) is 0 Å². The number of nitrogens with one attached hydrogen (secondary N) is 2. The zero-order valence-corrected chi connectivity index (χ0v) is 23.0. The lowest BCUT2D eigenvalue weighted by atomic mass is 9.98. The Morgan fingerprint density at radius 3 is 0.854 bits per heavy atom. The number of hydrogen-bond donors (Lipinski definition) is 2. The fourth-order valence-corrected chi connectivity index (χ4v) is 5.31. The molecule has 200 valence electrons. The van der Waals surface area contributed by atoms with Gasteiger partial charge in [-0.1, -0.05) is 146 Å². The highest BCUT2D eigenvalue weighted by molar-refractivity contribution is 5.52. The molecule has 0 atom stereocenters. The van der Waals surface area contributed by atoms with Crippen molar-refractivity contribution in [2.24, 2.45) is 0 Å². The number of hydrogen-bond acceptors (Lipinski definition) is 2. The summed E-state index contributed by atoms with van der Waals surface area (Å²) in [6.45, 7) is 0. The lowest BCUT2D eigenvalue weighted by Gasteiger charge is -2.21. The fraction of sp³-hybridized carbons (Fsp3) is 0.0769. The summed E-state index contributed by atoms with van der Waals surface area (Å²) in [7, 11) is 0. The van der Waals surface area contributed by atoms with E-state index in [0.717, 1.165) is 17.8 Å². The molecule has 2 heteroatoms. The summed E-state index contributed by atoms with van der Waals surface area (Å²) >= 11 is 0. The van der Waals surface area contributed by atoms with Crippen molar-refractivity contribution in [1.29, 1.82) is 0 Å². The van der Waals surface area contributed by atoms with Crippen LogP contribution in [-0.4, -0.2) is 0 Å². The third kappa shape index (κ3) is 6.74. The van der Waals surface area contributed by atoms with E-state index in [1.807, 2.05) is 0 Å². The van der Waals surface area contributed by atoms with Crippen LogP contribution < -0.4 is 10.6 Å². The van der Waals surface area contributed by atoms with Crippen molar-refractivity contribution in [3.63, 3.8) is 0 Å². The molecule has 0 heterocycles. The largest absolute Gasteiger partial charge is 0.374 e. The molecule has 0 spiro atoms. The molecule has 2 N–H and O–H groups in total. The predicted octanol–water partition coefficient (Wildman–Crippen LogP) is 9.68. The highest BCUT2D eigenvalue weighted by Gasteiger charge is 2.15. The van der Waals surface area contributed by atoms with Gasteiger partial charge in [0.05, 0.1) is 12.1 Å². The van der Waals surface area contributed by atoms with Crippen molar-refractivity contribution < 1.29 is 0 Å². The van der Waals surface area contributed by atoms with Gasteiger partial charge in [0.25, 0.3) is 0 Å². The average molecular weight is 531 g/mol. The van der Waals surface area contributed by atoms with E-state index in [-0.39, 0.29) is 12.1 Å². The summed E-state index contributed by atoms with van der Waals surface area (Å²) in [5.41, 5.74) is 9.79. The SMILES string of the molecule is c1ccc(C(Nc2ccc(Cc3ccc(NC(c4ccccc4)c4ccccc4)cc3)cc2)c2ccccc2)cc1. The zero-order chi connectivity index (χ0) is 27.7. The zero-order valence-electron chi connectivity index (χ0n) is 23.0. The van der Waals surface area contributed by atoms with Crippen molar-refractivity contribution in [2.45, 2.75) is 18.5 Å². The van der Waals surface area contributed by atoms with Crippen LogP contribution in [0.1, 0.15) is 45.5 Å². The van der Waals surface area contributed by atoms with Crippen LogP contribution in [0.3, 0.4) is 0 Å². The summed E-state index contributed by atoms with van der Waals surface area (Å²) in [5, 5.41) is 7.49. The second kappa shape index (κ2) is 12.8. The van der Waals surface area contributed by atoms with Gasteiger partial charge in [0, 0.05) is 11.4 Å². The van der Waals surface area contributed by atoms with Crippen LogP contribution in [0.2, 0.25) is 0 Å². The van der Waals surface area contributed by atoms with Gasteiger partial charge in [0.2, 0.25) is 0 Å². The fourth-order valence-electron chi connectivity index (χ4n) is 5.31. The molecular weight excluding hydrogens is 496 g/mol. The predicted molar refractivity (Wildman–Crippen MR) is 172 cm³/mol. The van der Waals surface area contributed by atoms with E-state index in [2.05, 4.69) is 180 Å². The molecule has 0 saturated carbocycles. The maximum atomic E-state index is 3.75. The summed E-state index contributed by atoms with van der Waals surface area (Å²) < 4.78 is 0. The molecule has 0 unspecified atom stereocenters. The second-order valence-electron chi connectivity index (χ2n) is 10.4. The Kier molecular flexibility index (Phi) is 8.20. The number of benzene rings is 6. The molecular formula is C39H34N2. The van der Waals surface area contributed by atoms with Crippen LogP contribution in [0.5, 0.6) is 0 Å². The highest BCUT2D eigenvalue weighted by atomic mass is 14.9. The lowest BCUT2D eigenvalue weighted by Crippen LogP contribution is -2.12. The first-order valence-electron chi connectivity index (χ1n) is 14.2. The molecule has 0 bridgehead atoms. The van der Waals surface area contributed by atoms with E-state index in [1.54, 1.807) is 0 Å². The molecule has 6 aromatic rings. The van der Waals surface area contributed by atoms with Crippen molar-refractivity contribution in [3.05, 3.63) is 203 Å². The molecule has 0 fully saturated rings. The Hall–Kier alpha value is -5.08. The van der Waals surface area contributed by atoms with Gasteiger partial charge in [0.1, 0.15) is 0 Å². The quantitative estimate of drug-likeness (QED) is 0.184. The topological polar surface area (TPSA) is 24.1 Å². The Morgan fingerprint density at radius 1 is 0.317 bits per heavy atom. The van der Waals surface area contributed by atoms with Crippen molar-refractivity contribution in [3.8, 4) is 0 Å². The molecule has 0 aromatic heterocycles. The molecule has 6 rings (SSSR count). The van der Waals surface area contributed by atoms with E-state index in [1.165, 1.54) is 33.4 Å². The van der Waals surface area contributed by atoms with Crippen molar-refractivity contribution in [2.75, 3.05) is 10.6 Å². The average Bonchev–Trinajstić information content (AvgIpc) is 3.06. The van der Waals surface area contributed by atoms with Crippen LogP contribution >= 0.6 is 0 Å². The van der Waals surface area contributed by atoms with Gasteiger partial charge in [-0.25, -0.2) is 0 Å². The van der Waals surface area contributed by atoms with Gasteiger partial charge in [0.15, 0.2) is 0 Å². The summed E-state index contributed by atoms with van der Waals surface area (Å²) in [6.07, 6.45) is 0.891. The Morgan fingerprint density at radius 2 is 0.585 bits per heavy atom. The van der Waals surface area contributed by atoms with Gasteiger partial charge in [-0.2, -0.15) is 0 Å². The Labute approximate surface area is 243 Å². The number of rotatable bonds is 10. The third-order valence-corrected chi connectivity index (χ3v) is 7.47. The molecule has 0 amide bonds. The van der Waals surface area contributed by atoms with Crippen LogP contribution in [0.15, 0.2) is 170 Å². The first kappa shape index (κ1) is 26.2. The maximum Gasteiger partial charge on any atom is 0.0767 e. The Balaban J connectivity index is 1.13. The van der Waals surface area contributed by atoms with Gasteiger partial charge in [-0.05, 0) is 64.1 Å². The van der Waals surface area contributed by atoms with E-state index >= 15 is 0 Å². The minimum Gasteiger partial charge on any atom is -0.374 e. The van der Waals surface area contributed by atoms with Gasteiger partial charge < -0.3 is 10.6 Å². The minimum absolute atomic E-state index is 0.0962. The van der Waals surface area contributed by atoms with E-state index in [4.69, 9.17) is 0 Å². The second-order valence-corrected chi connectivity index (χ2v) is 10.4. The summed E-state index contributed by atoms with van der Waals surface area (Å²) in [5.74, 6) is 0. The molecule has 0 aliphatic heterocycles. The summed E-state index contributed by atoms with van der Waals surface area (Å²) in [6, 6.07) is 60.3. The smallest absolute Gasteiger partial charge is 0.0767 e. The van der Waals surface area contributed by atoms with Crippen LogP contribution in [0.25, 0.3) is 0 Å². The van der Waals surface area contributed by atoms with E-state index < -0.39 is 0 Å². The third-order valence-electron chi connectivity index (χ3n) is 7.47. The molecule has 6 aromatic carbocycles. The molecule has 0 aliphatic rings. The van der Waals surface area contributed by atoms with E-state index in [9.17, 15) is 0 Å². The molecule has 0 radical (unpaired) electrons. The first-order valence-corrected chi connectivity index (χ1v) is 14.2. The monoisotopic (exact) mass is 530 g/mol. The van der Waals surface area contributed by atoms with Crippen molar-refractivity contribution >= 4 is 11.4 Å². The normalized spacial score (nSPS) is 11.0. The lowest BCUT2D eigenvalue weighted by molar-refractivity contribution is 0.938. The highest BCUT2D eigenvalue weighted by Crippen LogP contribution is 2.29. The first-order chi connectivity index (χ1) is 20.3. The number of anilines is 2. The van der Waals surface area contributed by atoms with Gasteiger partial charge in [-0.15, -0.1) is 0 Å². The van der Waals surface area contributed by atoms with Crippen LogP contribution in [-0.2, 0) is 6.42 Å².